The number of hydrogen-bond acceptors (Lipinski definition) is 1. The van der Waals surface area contributed by atoms with Crippen LogP contribution in [0.3, 0.4) is 0 Å². The van der Waals surface area contributed by atoms with Crippen LogP contribution in [0.2, 0.25) is 0 Å². The van der Waals surface area contributed by atoms with Crippen molar-refractivity contribution in [1.82, 2.24) is 0 Å². The molecule has 0 bridgehead atoms. The smallest absolute Gasteiger partial charge is 0.119 e. The zero-order valence-corrected chi connectivity index (χ0v) is 8.00. The van der Waals surface area contributed by atoms with E-state index in [0.29, 0.717) is 5.92 Å². The van der Waals surface area contributed by atoms with Gasteiger partial charge >= 0.3 is 0 Å². The maximum Gasteiger partial charge on any atom is 0.119 e. The predicted octanol–water partition coefficient (Wildman–Crippen LogP) is 2.89. The molecule has 1 aromatic carbocycles. The average molecular weight is 164 g/mol. The molecule has 12 heavy (non-hydrogen) atoms. The largest absolute Gasteiger partial charge is 0.497 e. The Morgan fingerprint density at radius 2 is 2.08 bits per heavy atom. The van der Waals surface area contributed by atoms with Crippen molar-refractivity contribution in [3.8, 4) is 5.75 Å². The van der Waals surface area contributed by atoms with Gasteiger partial charge in [0, 0.05) is 0 Å². The Kier molecular flexibility index (Phi) is 3.15. The van der Waals surface area contributed by atoms with E-state index in [1.54, 1.807) is 7.11 Å². The molecular weight excluding hydrogens is 148 g/mol. The molecule has 0 fully saturated rings. The van der Waals surface area contributed by atoms with Crippen molar-refractivity contribution in [3.05, 3.63) is 29.8 Å². The zero-order chi connectivity index (χ0) is 8.97. The summed E-state index contributed by atoms with van der Waals surface area (Å²) < 4.78 is 5.14. The fourth-order valence-corrected chi connectivity index (χ4v) is 1.27. The van der Waals surface area contributed by atoms with Gasteiger partial charge in [0.15, 0.2) is 0 Å². The maximum absolute atomic E-state index is 5.14. The highest BCUT2D eigenvalue weighted by Crippen LogP contribution is 2.15. The summed E-state index contributed by atoms with van der Waals surface area (Å²) in [5, 5.41) is 0. The molecule has 66 valence electrons. The van der Waals surface area contributed by atoms with Gasteiger partial charge in [0.05, 0.1) is 7.11 Å². The van der Waals surface area contributed by atoms with E-state index in [0.717, 1.165) is 12.2 Å². The van der Waals surface area contributed by atoms with Crippen LogP contribution in [0.15, 0.2) is 24.3 Å². The summed E-state index contributed by atoms with van der Waals surface area (Å²) in [6.07, 6.45) is 1.12. The molecule has 0 saturated carbocycles. The van der Waals surface area contributed by atoms with Gasteiger partial charge in [-0.05, 0) is 30.0 Å². The van der Waals surface area contributed by atoms with Crippen LogP contribution in [0, 0.1) is 5.92 Å². The van der Waals surface area contributed by atoms with Gasteiger partial charge < -0.3 is 4.74 Å². The standard InChI is InChI=1S/C11H16O/c1-9(2)7-10-5-4-6-11(8-10)12-3/h4-6,8-9H,7H2,1-3H3. The van der Waals surface area contributed by atoms with Gasteiger partial charge in [0.2, 0.25) is 0 Å². The third-order valence-corrected chi connectivity index (χ3v) is 1.78. The van der Waals surface area contributed by atoms with Crippen LogP contribution < -0.4 is 4.74 Å². The second-order valence-corrected chi connectivity index (χ2v) is 3.45. The van der Waals surface area contributed by atoms with Gasteiger partial charge in [-0.25, -0.2) is 0 Å². The summed E-state index contributed by atoms with van der Waals surface area (Å²) in [5.74, 6) is 1.66. The monoisotopic (exact) mass is 164 g/mol. The highest BCUT2D eigenvalue weighted by Gasteiger charge is 1.98. The Bertz CT molecular complexity index is 241. The van der Waals surface area contributed by atoms with Gasteiger partial charge in [0.1, 0.15) is 5.75 Å². The van der Waals surface area contributed by atoms with E-state index in [1.165, 1.54) is 5.56 Å². The minimum atomic E-state index is 0.706. The third kappa shape index (κ3) is 2.57. The number of hydrogen-bond donors (Lipinski definition) is 0. The van der Waals surface area contributed by atoms with Crippen LogP contribution in [-0.4, -0.2) is 7.11 Å². The molecule has 0 radical (unpaired) electrons. The first kappa shape index (κ1) is 9.11. The molecule has 0 atom stereocenters. The fourth-order valence-electron chi connectivity index (χ4n) is 1.27. The Morgan fingerprint density at radius 1 is 1.33 bits per heavy atom. The minimum absolute atomic E-state index is 0.706. The van der Waals surface area contributed by atoms with Crippen molar-refractivity contribution in [2.45, 2.75) is 20.3 Å². The van der Waals surface area contributed by atoms with Crippen LogP contribution in [-0.2, 0) is 6.42 Å². The van der Waals surface area contributed by atoms with Crippen molar-refractivity contribution in [2.24, 2.45) is 5.92 Å². The van der Waals surface area contributed by atoms with E-state index in [4.69, 9.17) is 4.74 Å². The van der Waals surface area contributed by atoms with Crippen molar-refractivity contribution in [3.63, 3.8) is 0 Å². The molecule has 1 aromatic rings. The summed E-state index contributed by atoms with van der Waals surface area (Å²) >= 11 is 0. The molecule has 0 N–H and O–H groups in total. The molecular formula is C11H16O. The SMILES string of the molecule is COc1cccc(CC(C)C)c1. The summed E-state index contributed by atoms with van der Waals surface area (Å²) in [6.45, 7) is 4.44. The van der Waals surface area contributed by atoms with Crippen molar-refractivity contribution >= 4 is 0 Å². The van der Waals surface area contributed by atoms with Crippen molar-refractivity contribution in [2.75, 3.05) is 7.11 Å². The molecule has 0 heterocycles. The van der Waals surface area contributed by atoms with Crippen LogP contribution in [0.5, 0.6) is 5.75 Å². The molecule has 0 aliphatic carbocycles. The van der Waals surface area contributed by atoms with Gasteiger partial charge in [-0.15, -0.1) is 0 Å². The lowest BCUT2D eigenvalue weighted by atomic mass is 10.0. The molecule has 0 amide bonds. The summed E-state index contributed by atoms with van der Waals surface area (Å²) in [5.41, 5.74) is 1.35. The molecule has 0 aliphatic heterocycles. The Hall–Kier alpha value is -0.980. The third-order valence-electron chi connectivity index (χ3n) is 1.78. The molecule has 0 unspecified atom stereocenters. The summed E-state index contributed by atoms with van der Waals surface area (Å²) in [6, 6.07) is 8.25. The van der Waals surface area contributed by atoms with Gasteiger partial charge in [-0.1, -0.05) is 26.0 Å². The Morgan fingerprint density at radius 3 is 2.67 bits per heavy atom. The molecule has 1 nitrogen and oxygen atoms in total. The van der Waals surface area contributed by atoms with E-state index >= 15 is 0 Å². The lowest BCUT2D eigenvalue weighted by Gasteiger charge is -2.06. The van der Waals surface area contributed by atoms with E-state index in [-0.39, 0.29) is 0 Å². The molecule has 0 spiro atoms. The van der Waals surface area contributed by atoms with Crippen LogP contribution >= 0.6 is 0 Å². The quantitative estimate of drug-likeness (QED) is 0.667. The second kappa shape index (κ2) is 4.15. The first-order chi connectivity index (χ1) is 5.72. The summed E-state index contributed by atoms with van der Waals surface area (Å²) in [7, 11) is 1.70. The Labute approximate surface area is 74.4 Å². The topological polar surface area (TPSA) is 9.23 Å². The highest BCUT2D eigenvalue weighted by molar-refractivity contribution is 5.28. The maximum atomic E-state index is 5.14. The number of ether oxygens (including phenoxy) is 1. The fraction of sp³-hybridized carbons (Fsp3) is 0.455. The zero-order valence-electron chi connectivity index (χ0n) is 8.00. The van der Waals surface area contributed by atoms with Crippen LogP contribution in [0.25, 0.3) is 0 Å². The normalized spacial score (nSPS) is 10.3. The highest BCUT2D eigenvalue weighted by atomic mass is 16.5. The Balaban J connectivity index is 2.72. The number of methoxy groups -OCH3 is 1. The lowest BCUT2D eigenvalue weighted by molar-refractivity contribution is 0.414. The lowest BCUT2D eigenvalue weighted by Crippen LogP contribution is -1.94. The van der Waals surface area contributed by atoms with Crippen molar-refractivity contribution in [1.29, 1.82) is 0 Å². The first-order valence-corrected chi connectivity index (χ1v) is 4.35. The molecule has 0 aliphatic rings. The van der Waals surface area contributed by atoms with E-state index in [9.17, 15) is 0 Å². The molecule has 1 heteroatoms. The van der Waals surface area contributed by atoms with Crippen LogP contribution in [0.4, 0.5) is 0 Å². The average Bonchev–Trinajstić information content (AvgIpc) is 2.03. The number of rotatable bonds is 3. The van der Waals surface area contributed by atoms with E-state index < -0.39 is 0 Å². The number of benzene rings is 1. The van der Waals surface area contributed by atoms with Gasteiger partial charge in [0.25, 0.3) is 0 Å². The predicted molar refractivity (Wildman–Crippen MR) is 51.5 cm³/mol. The van der Waals surface area contributed by atoms with Gasteiger partial charge in [-0.3, -0.25) is 0 Å². The van der Waals surface area contributed by atoms with E-state index in [1.807, 2.05) is 12.1 Å². The van der Waals surface area contributed by atoms with E-state index in [2.05, 4.69) is 26.0 Å². The molecule has 1 rings (SSSR count). The van der Waals surface area contributed by atoms with Gasteiger partial charge in [-0.2, -0.15) is 0 Å². The summed E-state index contributed by atoms with van der Waals surface area (Å²) in [4.78, 5) is 0. The molecule has 0 aromatic heterocycles. The minimum Gasteiger partial charge on any atom is -0.497 e. The second-order valence-electron chi connectivity index (χ2n) is 3.45. The van der Waals surface area contributed by atoms with Crippen LogP contribution in [0.1, 0.15) is 19.4 Å². The molecule has 0 saturated heterocycles. The van der Waals surface area contributed by atoms with Crippen molar-refractivity contribution < 1.29 is 4.74 Å². The first-order valence-electron chi connectivity index (χ1n) is 4.35.